The smallest absolute Gasteiger partial charge is 0.339 e. The second kappa shape index (κ2) is 9.01. The van der Waals surface area contributed by atoms with Crippen LogP contribution in [-0.2, 0) is 25.9 Å². The van der Waals surface area contributed by atoms with Gasteiger partial charge in [0.05, 0.1) is 16.2 Å². The van der Waals surface area contributed by atoms with E-state index in [0.29, 0.717) is 6.54 Å². The summed E-state index contributed by atoms with van der Waals surface area (Å²) in [6, 6.07) is 11.8. The summed E-state index contributed by atoms with van der Waals surface area (Å²) in [4.78, 5) is 26.1. The molecule has 150 valence electrons. The Kier molecular flexibility index (Phi) is 6.96. The fourth-order valence-electron chi connectivity index (χ4n) is 2.74. The van der Waals surface area contributed by atoms with Crippen molar-refractivity contribution in [1.82, 2.24) is 4.90 Å². The number of esters is 1. The molecular formula is C21H25NO5S. The Hall–Kier alpha value is -2.67. The van der Waals surface area contributed by atoms with E-state index in [4.69, 9.17) is 4.74 Å². The van der Waals surface area contributed by atoms with Crippen LogP contribution < -0.4 is 0 Å². The van der Waals surface area contributed by atoms with Crippen molar-refractivity contribution in [2.24, 2.45) is 0 Å². The molecule has 6 nitrogen and oxygen atoms in total. The zero-order valence-electron chi connectivity index (χ0n) is 16.6. The van der Waals surface area contributed by atoms with E-state index >= 15 is 0 Å². The average molecular weight is 404 g/mol. The minimum Gasteiger partial charge on any atom is -0.452 e. The SMILES string of the molecule is CCS(=O)(=O)c1ccccc1C(=O)OCC(=O)N(C)Cc1ccc(C)cc1C. The van der Waals surface area contributed by atoms with Gasteiger partial charge < -0.3 is 9.64 Å². The summed E-state index contributed by atoms with van der Waals surface area (Å²) in [5.74, 6) is -1.33. The Bertz CT molecular complexity index is 982. The summed E-state index contributed by atoms with van der Waals surface area (Å²) in [5, 5.41) is 0. The number of aryl methyl sites for hydroxylation is 2. The van der Waals surface area contributed by atoms with Gasteiger partial charge in [0.15, 0.2) is 16.4 Å². The Balaban J connectivity index is 2.04. The van der Waals surface area contributed by atoms with Crippen LogP contribution in [0, 0.1) is 13.8 Å². The molecule has 0 heterocycles. The second-order valence-electron chi connectivity index (χ2n) is 6.66. The molecule has 0 atom stereocenters. The summed E-state index contributed by atoms with van der Waals surface area (Å²) in [6.45, 7) is 5.42. The van der Waals surface area contributed by atoms with Crippen LogP contribution in [0.3, 0.4) is 0 Å². The van der Waals surface area contributed by atoms with Crippen LogP contribution in [0.4, 0.5) is 0 Å². The van der Waals surface area contributed by atoms with Gasteiger partial charge in [0.2, 0.25) is 0 Å². The highest BCUT2D eigenvalue weighted by molar-refractivity contribution is 7.91. The maximum Gasteiger partial charge on any atom is 0.339 e. The van der Waals surface area contributed by atoms with Crippen molar-refractivity contribution in [3.63, 3.8) is 0 Å². The number of rotatable bonds is 7. The van der Waals surface area contributed by atoms with Gasteiger partial charge in [-0.05, 0) is 37.1 Å². The molecule has 0 fully saturated rings. The van der Waals surface area contributed by atoms with Gasteiger partial charge in [-0.25, -0.2) is 13.2 Å². The lowest BCUT2D eigenvalue weighted by Crippen LogP contribution is -2.31. The summed E-state index contributed by atoms with van der Waals surface area (Å²) in [5.41, 5.74) is 3.17. The fraction of sp³-hybridized carbons (Fsp3) is 0.333. The van der Waals surface area contributed by atoms with E-state index in [0.717, 1.165) is 16.7 Å². The zero-order valence-corrected chi connectivity index (χ0v) is 17.4. The largest absolute Gasteiger partial charge is 0.452 e. The molecule has 2 aromatic carbocycles. The van der Waals surface area contributed by atoms with Gasteiger partial charge in [0, 0.05) is 13.6 Å². The summed E-state index contributed by atoms with van der Waals surface area (Å²) < 4.78 is 29.4. The monoisotopic (exact) mass is 403 g/mol. The quantitative estimate of drug-likeness (QED) is 0.664. The molecule has 0 unspecified atom stereocenters. The number of sulfone groups is 1. The van der Waals surface area contributed by atoms with E-state index in [1.807, 2.05) is 32.0 Å². The van der Waals surface area contributed by atoms with Gasteiger partial charge in [-0.15, -0.1) is 0 Å². The van der Waals surface area contributed by atoms with E-state index < -0.39 is 22.4 Å². The summed E-state index contributed by atoms with van der Waals surface area (Å²) >= 11 is 0. The molecular weight excluding hydrogens is 378 g/mol. The third-order valence-corrected chi connectivity index (χ3v) is 6.27. The third kappa shape index (κ3) is 5.19. The number of hydrogen-bond donors (Lipinski definition) is 0. The zero-order chi connectivity index (χ0) is 20.9. The Morgan fingerprint density at radius 2 is 1.75 bits per heavy atom. The Morgan fingerprint density at radius 1 is 1.07 bits per heavy atom. The third-order valence-electron chi connectivity index (χ3n) is 4.48. The first kappa shape index (κ1) is 21.6. The molecule has 0 radical (unpaired) electrons. The highest BCUT2D eigenvalue weighted by atomic mass is 32.2. The number of likely N-dealkylation sites (N-methyl/N-ethyl adjacent to an activating group) is 1. The van der Waals surface area contributed by atoms with Gasteiger partial charge in [-0.1, -0.05) is 42.8 Å². The van der Waals surface area contributed by atoms with Crippen molar-refractivity contribution in [1.29, 1.82) is 0 Å². The topological polar surface area (TPSA) is 80.7 Å². The Labute approximate surface area is 166 Å². The van der Waals surface area contributed by atoms with Crippen LogP contribution in [-0.4, -0.2) is 44.6 Å². The number of carbonyl (C=O) groups excluding carboxylic acids is 2. The molecule has 2 rings (SSSR count). The first-order chi connectivity index (χ1) is 13.2. The number of ether oxygens (including phenoxy) is 1. The minimum atomic E-state index is -3.57. The summed E-state index contributed by atoms with van der Waals surface area (Å²) in [6.07, 6.45) is 0. The normalized spacial score (nSPS) is 11.1. The van der Waals surface area contributed by atoms with Crippen molar-refractivity contribution >= 4 is 21.7 Å². The van der Waals surface area contributed by atoms with Crippen LogP contribution in [0.25, 0.3) is 0 Å². The van der Waals surface area contributed by atoms with Crippen molar-refractivity contribution in [2.75, 3.05) is 19.4 Å². The van der Waals surface area contributed by atoms with Crippen LogP contribution in [0.15, 0.2) is 47.4 Å². The molecule has 0 N–H and O–H groups in total. The Morgan fingerprint density at radius 3 is 2.39 bits per heavy atom. The lowest BCUT2D eigenvalue weighted by atomic mass is 10.1. The molecule has 1 amide bonds. The molecule has 0 saturated heterocycles. The highest BCUT2D eigenvalue weighted by Crippen LogP contribution is 2.18. The van der Waals surface area contributed by atoms with Crippen molar-refractivity contribution < 1.29 is 22.7 Å². The van der Waals surface area contributed by atoms with Gasteiger partial charge in [0.25, 0.3) is 5.91 Å². The standard InChI is InChI=1S/C21H25NO5S/c1-5-28(25,26)19-9-7-6-8-18(19)21(24)27-14-20(23)22(4)13-17-11-10-15(2)12-16(17)3/h6-12H,5,13-14H2,1-4H3. The second-order valence-corrected chi connectivity index (χ2v) is 8.90. The van der Waals surface area contributed by atoms with E-state index in [-0.39, 0.29) is 22.1 Å². The maximum absolute atomic E-state index is 12.3. The number of nitrogens with zero attached hydrogens (tertiary/aromatic N) is 1. The van der Waals surface area contributed by atoms with E-state index in [9.17, 15) is 18.0 Å². The predicted octanol–water partition coefficient (Wildman–Crippen LogP) is 2.91. The molecule has 0 bridgehead atoms. The van der Waals surface area contributed by atoms with Crippen LogP contribution in [0.2, 0.25) is 0 Å². The van der Waals surface area contributed by atoms with Crippen molar-refractivity contribution in [3.8, 4) is 0 Å². The van der Waals surface area contributed by atoms with E-state index in [1.54, 1.807) is 19.2 Å². The van der Waals surface area contributed by atoms with Crippen molar-refractivity contribution in [2.45, 2.75) is 32.2 Å². The van der Waals surface area contributed by atoms with Crippen LogP contribution >= 0.6 is 0 Å². The lowest BCUT2D eigenvalue weighted by molar-refractivity contribution is -0.133. The van der Waals surface area contributed by atoms with Gasteiger partial charge in [0.1, 0.15) is 0 Å². The highest BCUT2D eigenvalue weighted by Gasteiger charge is 2.22. The molecule has 7 heteroatoms. The van der Waals surface area contributed by atoms with Gasteiger partial charge in [-0.2, -0.15) is 0 Å². The molecule has 0 aliphatic heterocycles. The summed E-state index contributed by atoms with van der Waals surface area (Å²) in [7, 11) is -1.94. The fourth-order valence-corrected chi connectivity index (χ4v) is 3.83. The first-order valence-corrected chi connectivity index (χ1v) is 10.6. The van der Waals surface area contributed by atoms with Gasteiger partial charge >= 0.3 is 5.97 Å². The molecule has 0 saturated carbocycles. The number of benzene rings is 2. The number of carbonyl (C=O) groups is 2. The average Bonchev–Trinajstić information content (AvgIpc) is 2.67. The van der Waals surface area contributed by atoms with Crippen LogP contribution in [0.1, 0.15) is 34.0 Å². The predicted molar refractivity (Wildman–Crippen MR) is 107 cm³/mol. The van der Waals surface area contributed by atoms with Crippen LogP contribution in [0.5, 0.6) is 0 Å². The maximum atomic E-state index is 12.3. The minimum absolute atomic E-state index is 0.0609. The van der Waals surface area contributed by atoms with E-state index in [1.165, 1.54) is 24.0 Å². The van der Waals surface area contributed by atoms with E-state index in [2.05, 4.69) is 0 Å². The van der Waals surface area contributed by atoms with Gasteiger partial charge in [-0.3, -0.25) is 4.79 Å². The van der Waals surface area contributed by atoms with Crippen molar-refractivity contribution in [3.05, 3.63) is 64.7 Å². The lowest BCUT2D eigenvalue weighted by Gasteiger charge is -2.19. The molecule has 28 heavy (non-hydrogen) atoms. The number of hydrogen-bond acceptors (Lipinski definition) is 5. The molecule has 2 aromatic rings. The molecule has 0 spiro atoms. The first-order valence-electron chi connectivity index (χ1n) is 8.94. The molecule has 0 aliphatic rings. The molecule has 0 aliphatic carbocycles. The number of amides is 1. The molecule has 0 aromatic heterocycles.